The van der Waals surface area contributed by atoms with Crippen LogP contribution in [0.1, 0.15) is 12.0 Å². The fraction of sp³-hybridized carbons (Fsp3) is 0.455. The molecule has 0 unspecified atom stereocenters. The minimum absolute atomic E-state index is 0.277. The Morgan fingerprint density at radius 3 is 2.54 bits per heavy atom. The average Bonchev–Trinajstić information content (AvgIpc) is 2.16. The summed E-state index contributed by atoms with van der Waals surface area (Å²) in [5, 5.41) is 8.65. The molecule has 0 spiro atoms. The van der Waals surface area contributed by atoms with E-state index in [1.165, 1.54) is 5.56 Å². The van der Waals surface area contributed by atoms with Crippen LogP contribution < -0.4 is 0 Å². The van der Waals surface area contributed by atoms with Crippen LogP contribution in [0.5, 0.6) is 0 Å². The number of benzene rings is 1. The molecule has 0 aromatic heterocycles. The van der Waals surface area contributed by atoms with Gasteiger partial charge in [-0.25, -0.2) is 0 Å². The lowest BCUT2D eigenvalue weighted by Gasteiger charge is -2.15. The van der Waals surface area contributed by atoms with Crippen LogP contribution in [0, 0.1) is 0 Å². The number of aliphatic hydroxyl groups excluding tert-OH is 1. The van der Waals surface area contributed by atoms with E-state index in [4.69, 9.17) is 5.11 Å². The SMILES string of the molecule is CN(CCCO)Cc1ccccc1. The molecular formula is C11H17NO. The summed E-state index contributed by atoms with van der Waals surface area (Å²) in [6, 6.07) is 10.4. The first-order valence-corrected chi connectivity index (χ1v) is 4.66. The summed E-state index contributed by atoms with van der Waals surface area (Å²) >= 11 is 0. The summed E-state index contributed by atoms with van der Waals surface area (Å²) in [7, 11) is 2.07. The Balaban J connectivity index is 2.32. The second kappa shape index (κ2) is 5.73. The lowest BCUT2D eigenvalue weighted by molar-refractivity contribution is 0.244. The van der Waals surface area contributed by atoms with Crippen LogP contribution in [-0.4, -0.2) is 30.2 Å². The van der Waals surface area contributed by atoms with Crippen molar-refractivity contribution >= 4 is 0 Å². The fourth-order valence-electron chi connectivity index (χ4n) is 1.31. The predicted octanol–water partition coefficient (Wildman–Crippen LogP) is 1.50. The van der Waals surface area contributed by atoms with Crippen molar-refractivity contribution in [1.29, 1.82) is 0 Å². The van der Waals surface area contributed by atoms with Crippen LogP contribution in [0.15, 0.2) is 30.3 Å². The number of hydrogen-bond donors (Lipinski definition) is 1. The smallest absolute Gasteiger partial charge is 0.0443 e. The summed E-state index contributed by atoms with van der Waals surface area (Å²) in [6.45, 7) is 2.19. The molecule has 1 aromatic carbocycles. The summed E-state index contributed by atoms with van der Waals surface area (Å²) in [5.74, 6) is 0. The second-order valence-corrected chi connectivity index (χ2v) is 3.30. The first kappa shape index (κ1) is 10.2. The van der Waals surface area contributed by atoms with Crippen molar-refractivity contribution in [3.63, 3.8) is 0 Å². The summed E-state index contributed by atoms with van der Waals surface area (Å²) in [5.41, 5.74) is 1.32. The van der Waals surface area contributed by atoms with Crippen LogP contribution in [-0.2, 0) is 6.54 Å². The minimum Gasteiger partial charge on any atom is -0.396 e. The lowest BCUT2D eigenvalue weighted by Crippen LogP contribution is -2.19. The number of rotatable bonds is 5. The van der Waals surface area contributed by atoms with Crippen LogP contribution >= 0.6 is 0 Å². The molecule has 2 nitrogen and oxygen atoms in total. The van der Waals surface area contributed by atoms with Crippen molar-refractivity contribution in [2.24, 2.45) is 0 Å². The Labute approximate surface area is 79.8 Å². The normalized spacial score (nSPS) is 10.7. The maximum atomic E-state index is 8.65. The van der Waals surface area contributed by atoms with Gasteiger partial charge in [0.2, 0.25) is 0 Å². The van der Waals surface area contributed by atoms with Gasteiger partial charge in [-0.05, 0) is 19.0 Å². The molecule has 0 aliphatic heterocycles. The van der Waals surface area contributed by atoms with Crippen molar-refractivity contribution in [3.05, 3.63) is 35.9 Å². The molecule has 2 heteroatoms. The molecule has 72 valence electrons. The quantitative estimate of drug-likeness (QED) is 0.740. The topological polar surface area (TPSA) is 23.5 Å². The van der Waals surface area contributed by atoms with Crippen LogP contribution in [0.3, 0.4) is 0 Å². The van der Waals surface area contributed by atoms with Crippen LogP contribution in [0.2, 0.25) is 0 Å². The Morgan fingerprint density at radius 2 is 1.92 bits per heavy atom. The van der Waals surface area contributed by atoms with Crippen LogP contribution in [0.25, 0.3) is 0 Å². The number of nitrogens with zero attached hydrogens (tertiary/aromatic N) is 1. The maximum Gasteiger partial charge on any atom is 0.0443 e. The molecule has 0 saturated heterocycles. The number of aliphatic hydroxyl groups is 1. The first-order chi connectivity index (χ1) is 6.33. The molecule has 1 aromatic rings. The van der Waals surface area contributed by atoms with Gasteiger partial charge in [-0.15, -0.1) is 0 Å². The van der Waals surface area contributed by atoms with Gasteiger partial charge in [0.1, 0.15) is 0 Å². The van der Waals surface area contributed by atoms with E-state index in [9.17, 15) is 0 Å². The molecule has 0 fully saturated rings. The van der Waals surface area contributed by atoms with Crippen molar-refractivity contribution in [3.8, 4) is 0 Å². The van der Waals surface area contributed by atoms with Gasteiger partial charge >= 0.3 is 0 Å². The Hall–Kier alpha value is -0.860. The van der Waals surface area contributed by atoms with Crippen molar-refractivity contribution in [2.75, 3.05) is 20.2 Å². The van der Waals surface area contributed by atoms with E-state index < -0.39 is 0 Å². The van der Waals surface area contributed by atoms with E-state index in [1.807, 2.05) is 6.07 Å². The zero-order valence-corrected chi connectivity index (χ0v) is 8.11. The highest BCUT2D eigenvalue weighted by atomic mass is 16.3. The second-order valence-electron chi connectivity index (χ2n) is 3.30. The molecule has 1 N–H and O–H groups in total. The molecule has 0 radical (unpaired) electrons. The van der Waals surface area contributed by atoms with Gasteiger partial charge in [-0.3, -0.25) is 0 Å². The van der Waals surface area contributed by atoms with E-state index in [2.05, 4.69) is 36.2 Å². The summed E-state index contributed by atoms with van der Waals surface area (Å²) < 4.78 is 0. The summed E-state index contributed by atoms with van der Waals surface area (Å²) in [6.07, 6.45) is 0.851. The molecule has 0 amide bonds. The standard InChI is InChI=1S/C11H17NO/c1-12(8-5-9-13)10-11-6-3-2-4-7-11/h2-4,6-7,13H,5,8-10H2,1H3. The van der Waals surface area contributed by atoms with Gasteiger partial charge in [-0.1, -0.05) is 30.3 Å². The zero-order chi connectivity index (χ0) is 9.52. The van der Waals surface area contributed by atoms with E-state index in [0.29, 0.717) is 0 Å². The average molecular weight is 179 g/mol. The molecule has 13 heavy (non-hydrogen) atoms. The van der Waals surface area contributed by atoms with E-state index >= 15 is 0 Å². The monoisotopic (exact) mass is 179 g/mol. The Bertz CT molecular complexity index is 223. The molecule has 0 aliphatic carbocycles. The fourth-order valence-corrected chi connectivity index (χ4v) is 1.31. The number of hydrogen-bond acceptors (Lipinski definition) is 2. The minimum atomic E-state index is 0.277. The van der Waals surface area contributed by atoms with E-state index in [-0.39, 0.29) is 6.61 Å². The molecule has 0 heterocycles. The summed E-state index contributed by atoms with van der Waals surface area (Å²) in [4.78, 5) is 2.21. The maximum absolute atomic E-state index is 8.65. The van der Waals surface area contributed by atoms with Crippen molar-refractivity contribution in [2.45, 2.75) is 13.0 Å². The van der Waals surface area contributed by atoms with Crippen molar-refractivity contribution in [1.82, 2.24) is 4.90 Å². The molecular weight excluding hydrogens is 162 g/mol. The lowest BCUT2D eigenvalue weighted by atomic mass is 10.2. The highest BCUT2D eigenvalue weighted by Crippen LogP contribution is 2.02. The van der Waals surface area contributed by atoms with E-state index in [0.717, 1.165) is 19.5 Å². The zero-order valence-electron chi connectivity index (χ0n) is 8.11. The molecule has 0 atom stereocenters. The van der Waals surface area contributed by atoms with Gasteiger partial charge in [-0.2, -0.15) is 0 Å². The molecule has 1 rings (SSSR count). The van der Waals surface area contributed by atoms with Crippen molar-refractivity contribution < 1.29 is 5.11 Å². The predicted molar refractivity (Wildman–Crippen MR) is 54.5 cm³/mol. The first-order valence-electron chi connectivity index (χ1n) is 4.66. The third kappa shape index (κ3) is 4.06. The molecule has 0 saturated carbocycles. The Kier molecular flexibility index (Phi) is 4.50. The third-order valence-electron chi connectivity index (χ3n) is 1.99. The highest BCUT2D eigenvalue weighted by Gasteiger charge is 1.98. The largest absolute Gasteiger partial charge is 0.396 e. The Morgan fingerprint density at radius 1 is 1.23 bits per heavy atom. The van der Waals surface area contributed by atoms with Gasteiger partial charge in [0.05, 0.1) is 0 Å². The highest BCUT2D eigenvalue weighted by molar-refractivity contribution is 5.14. The van der Waals surface area contributed by atoms with Gasteiger partial charge in [0.15, 0.2) is 0 Å². The molecule has 0 aliphatic rings. The third-order valence-corrected chi connectivity index (χ3v) is 1.99. The van der Waals surface area contributed by atoms with Gasteiger partial charge in [0, 0.05) is 19.7 Å². The van der Waals surface area contributed by atoms with E-state index in [1.54, 1.807) is 0 Å². The van der Waals surface area contributed by atoms with Gasteiger partial charge < -0.3 is 10.0 Å². The van der Waals surface area contributed by atoms with Crippen LogP contribution in [0.4, 0.5) is 0 Å². The molecule has 0 bridgehead atoms. The van der Waals surface area contributed by atoms with Gasteiger partial charge in [0.25, 0.3) is 0 Å².